The number of pyridine rings is 1. The van der Waals surface area contributed by atoms with Gasteiger partial charge in [-0.25, -0.2) is 0 Å². The maximum absolute atomic E-state index is 12.3. The molecule has 0 aliphatic heterocycles. The fraction of sp³-hybridized carbons (Fsp3) is 0.0526. The fourth-order valence-electron chi connectivity index (χ4n) is 2.51. The van der Waals surface area contributed by atoms with Crippen LogP contribution in [0.1, 0.15) is 6.92 Å². The van der Waals surface area contributed by atoms with Crippen LogP contribution in [0.2, 0.25) is 5.02 Å². The van der Waals surface area contributed by atoms with E-state index < -0.39 is 0 Å². The van der Waals surface area contributed by atoms with Crippen LogP contribution in [0.4, 0.5) is 11.4 Å². The van der Waals surface area contributed by atoms with Gasteiger partial charge in [-0.05, 0) is 36.4 Å². The van der Waals surface area contributed by atoms with E-state index in [1.54, 1.807) is 23.2 Å². The highest BCUT2D eigenvalue weighted by Crippen LogP contribution is 2.35. The maximum Gasteiger partial charge on any atom is 0.228 e. The Morgan fingerprint density at radius 1 is 1.00 bits per heavy atom. The van der Waals surface area contributed by atoms with Crippen LogP contribution in [0.25, 0.3) is 11.3 Å². The van der Waals surface area contributed by atoms with E-state index >= 15 is 0 Å². The van der Waals surface area contributed by atoms with Gasteiger partial charge in [0.05, 0.1) is 17.1 Å². The molecule has 0 radical (unpaired) electrons. The summed E-state index contributed by atoms with van der Waals surface area (Å²) in [6.45, 7) is 1.54. The van der Waals surface area contributed by atoms with Crippen LogP contribution >= 0.6 is 11.6 Å². The van der Waals surface area contributed by atoms with Crippen molar-refractivity contribution in [2.75, 3.05) is 4.90 Å². The Kier molecular flexibility index (Phi) is 4.40. The third-order valence-electron chi connectivity index (χ3n) is 3.47. The van der Waals surface area contributed by atoms with Crippen molar-refractivity contribution < 1.29 is 4.79 Å². The molecule has 0 N–H and O–H groups in total. The molecule has 0 atom stereocenters. The molecule has 1 amide bonds. The summed E-state index contributed by atoms with van der Waals surface area (Å²) in [5.41, 5.74) is 3.22. The number of anilines is 2. The van der Waals surface area contributed by atoms with Gasteiger partial charge in [0, 0.05) is 23.7 Å². The Hall–Kier alpha value is -2.65. The van der Waals surface area contributed by atoms with Gasteiger partial charge in [-0.15, -0.1) is 0 Å². The first kappa shape index (κ1) is 15.3. The number of nitrogens with zero attached hydrogens (tertiary/aromatic N) is 2. The molecule has 0 fully saturated rings. The molecule has 0 saturated carbocycles. The van der Waals surface area contributed by atoms with Crippen molar-refractivity contribution in [3.8, 4) is 11.3 Å². The van der Waals surface area contributed by atoms with Gasteiger partial charge in [0.25, 0.3) is 0 Å². The molecule has 1 heterocycles. The summed E-state index contributed by atoms with van der Waals surface area (Å²) >= 11 is 6.09. The highest BCUT2D eigenvalue weighted by molar-refractivity contribution is 6.31. The lowest BCUT2D eigenvalue weighted by Gasteiger charge is -2.24. The van der Waals surface area contributed by atoms with Crippen LogP contribution in [-0.4, -0.2) is 10.9 Å². The third-order valence-corrected chi connectivity index (χ3v) is 3.70. The lowest BCUT2D eigenvalue weighted by molar-refractivity contribution is -0.115. The molecular formula is C19H15ClN2O. The standard InChI is InChI=1S/C19H15ClN2O/c1-14(23)22(16-8-6-7-15(20)13-16)19-11-3-2-9-17(19)18-10-4-5-12-21-18/h2-13H,1H3. The minimum Gasteiger partial charge on any atom is -0.281 e. The number of hydrogen-bond donors (Lipinski definition) is 0. The van der Waals surface area contributed by atoms with Gasteiger partial charge in [-0.1, -0.05) is 41.9 Å². The van der Waals surface area contributed by atoms with Gasteiger partial charge in [0.2, 0.25) is 5.91 Å². The highest BCUT2D eigenvalue weighted by Gasteiger charge is 2.18. The van der Waals surface area contributed by atoms with Crippen molar-refractivity contribution in [1.82, 2.24) is 4.98 Å². The van der Waals surface area contributed by atoms with E-state index in [9.17, 15) is 4.79 Å². The number of carbonyl (C=O) groups excluding carboxylic acids is 1. The first-order valence-electron chi connectivity index (χ1n) is 7.23. The number of benzene rings is 2. The van der Waals surface area contributed by atoms with E-state index in [4.69, 9.17) is 11.6 Å². The zero-order chi connectivity index (χ0) is 16.2. The summed E-state index contributed by atoms with van der Waals surface area (Å²) in [4.78, 5) is 18.3. The molecule has 3 nitrogen and oxygen atoms in total. The van der Waals surface area contributed by atoms with Gasteiger partial charge in [0.1, 0.15) is 0 Å². The van der Waals surface area contributed by atoms with Gasteiger partial charge in [-0.2, -0.15) is 0 Å². The van der Waals surface area contributed by atoms with Crippen molar-refractivity contribution in [3.05, 3.63) is 77.9 Å². The molecule has 1 aromatic heterocycles. The van der Waals surface area contributed by atoms with Crippen LogP contribution in [-0.2, 0) is 4.79 Å². The van der Waals surface area contributed by atoms with E-state index in [1.807, 2.05) is 54.6 Å². The number of carbonyl (C=O) groups is 1. The van der Waals surface area contributed by atoms with Crippen LogP contribution in [0.5, 0.6) is 0 Å². The maximum atomic E-state index is 12.3. The van der Waals surface area contributed by atoms with E-state index in [1.165, 1.54) is 6.92 Å². The summed E-state index contributed by atoms with van der Waals surface area (Å²) in [5, 5.41) is 0.587. The molecule has 0 saturated heterocycles. The molecule has 3 aromatic rings. The quantitative estimate of drug-likeness (QED) is 0.673. The lowest BCUT2D eigenvalue weighted by atomic mass is 10.1. The SMILES string of the molecule is CC(=O)N(c1cccc(Cl)c1)c1ccccc1-c1ccccn1. The van der Waals surface area contributed by atoms with E-state index in [-0.39, 0.29) is 5.91 Å². The van der Waals surface area contributed by atoms with Crippen molar-refractivity contribution in [2.24, 2.45) is 0 Å². The second kappa shape index (κ2) is 6.63. The largest absolute Gasteiger partial charge is 0.281 e. The first-order valence-corrected chi connectivity index (χ1v) is 7.61. The molecule has 0 aliphatic rings. The van der Waals surface area contributed by atoms with Gasteiger partial charge in [0.15, 0.2) is 0 Å². The Balaban J connectivity index is 2.17. The molecule has 114 valence electrons. The Morgan fingerprint density at radius 2 is 1.78 bits per heavy atom. The zero-order valence-corrected chi connectivity index (χ0v) is 13.4. The van der Waals surface area contributed by atoms with Crippen LogP contribution < -0.4 is 4.90 Å². The van der Waals surface area contributed by atoms with Crippen LogP contribution in [0.15, 0.2) is 72.9 Å². The summed E-state index contributed by atoms with van der Waals surface area (Å²) in [5.74, 6) is -0.0874. The summed E-state index contributed by atoms with van der Waals surface area (Å²) in [6.07, 6.45) is 1.74. The van der Waals surface area contributed by atoms with Gasteiger partial charge < -0.3 is 0 Å². The smallest absolute Gasteiger partial charge is 0.228 e. The fourth-order valence-corrected chi connectivity index (χ4v) is 2.70. The lowest BCUT2D eigenvalue weighted by Crippen LogP contribution is -2.23. The predicted molar refractivity (Wildman–Crippen MR) is 93.9 cm³/mol. The second-order valence-electron chi connectivity index (χ2n) is 5.07. The number of hydrogen-bond acceptors (Lipinski definition) is 2. The molecule has 0 bridgehead atoms. The number of aromatic nitrogens is 1. The van der Waals surface area contributed by atoms with Crippen molar-refractivity contribution in [1.29, 1.82) is 0 Å². The van der Waals surface area contributed by atoms with E-state index in [0.29, 0.717) is 5.02 Å². The summed E-state index contributed by atoms with van der Waals surface area (Å²) in [6, 6.07) is 20.7. The molecule has 0 aliphatic carbocycles. The first-order chi connectivity index (χ1) is 11.2. The monoisotopic (exact) mass is 322 g/mol. The second-order valence-corrected chi connectivity index (χ2v) is 5.50. The zero-order valence-electron chi connectivity index (χ0n) is 12.6. The highest BCUT2D eigenvalue weighted by atomic mass is 35.5. The normalized spacial score (nSPS) is 10.3. The van der Waals surface area contributed by atoms with E-state index in [2.05, 4.69) is 4.98 Å². The van der Waals surface area contributed by atoms with Crippen molar-refractivity contribution >= 4 is 28.9 Å². The van der Waals surface area contributed by atoms with Crippen LogP contribution in [0, 0.1) is 0 Å². The van der Waals surface area contributed by atoms with Gasteiger partial charge in [-0.3, -0.25) is 14.7 Å². The number of halogens is 1. The Labute approximate surface area is 140 Å². The van der Waals surface area contributed by atoms with Crippen LogP contribution in [0.3, 0.4) is 0 Å². The average Bonchev–Trinajstić information content (AvgIpc) is 2.56. The van der Waals surface area contributed by atoms with Gasteiger partial charge >= 0.3 is 0 Å². The molecule has 3 rings (SSSR count). The van der Waals surface area contributed by atoms with Crippen molar-refractivity contribution in [2.45, 2.75) is 6.92 Å². The number of amides is 1. The summed E-state index contributed by atoms with van der Waals surface area (Å²) < 4.78 is 0. The van der Waals surface area contributed by atoms with E-state index in [0.717, 1.165) is 22.6 Å². The molecule has 23 heavy (non-hydrogen) atoms. The minimum absolute atomic E-state index is 0.0874. The Morgan fingerprint density at radius 3 is 2.48 bits per heavy atom. The average molecular weight is 323 g/mol. The van der Waals surface area contributed by atoms with Crippen molar-refractivity contribution in [3.63, 3.8) is 0 Å². The molecule has 2 aromatic carbocycles. The topological polar surface area (TPSA) is 33.2 Å². The molecule has 0 spiro atoms. The Bertz CT molecular complexity index is 834. The predicted octanol–water partition coefficient (Wildman–Crippen LogP) is 5.09. The number of para-hydroxylation sites is 1. The molecule has 4 heteroatoms. The minimum atomic E-state index is -0.0874. The summed E-state index contributed by atoms with van der Waals surface area (Å²) in [7, 11) is 0. The molecular weight excluding hydrogens is 308 g/mol. The molecule has 0 unspecified atom stereocenters. The number of rotatable bonds is 3. The third kappa shape index (κ3) is 3.25.